The summed E-state index contributed by atoms with van der Waals surface area (Å²) in [5.74, 6) is -0.795. The monoisotopic (exact) mass is 585 g/mol. The summed E-state index contributed by atoms with van der Waals surface area (Å²) in [5.41, 5.74) is 3.93. The molecule has 11 heteroatoms. The minimum atomic E-state index is -0.953. The molecule has 210 valence electrons. The predicted molar refractivity (Wildman–Crippen MR) is 153 cm³/mol. The van der Waals surface area contributed by atoms with Crippen molar-refractivity contribution < 1.29 is 28.6 Å². The average molecular weight is 586 g/mol. The van der Waals surface area contributed by atoms with E-state index in [1.165, 1.54) is 12.3 Å². The van der Waals surface area contributed by atoms with Gasteiger partial charge in [-0.15, -0.1) is 0 Å². The summed E-state index contributed by atoms with van der Waals surface area (Å²) in [6.07, 6.45) is 0.690. The molecule has 0 saturated carbocycles. The van der Waals surface area contributed by atoms with Gasteiger partial charge in [0.2, 0.25) is 0 Å². The predicted octanol–water partition coefficient (Wildman–Crippen LogP) is 4.58. The van der Waals surface area contributed by atoms with E-state index < -0.39 is 29.9 Å². The molecule has 2 atom stereocenters. The minimum absolute atomic E-state index is 0.222. The molecule has 0 fully saturated rings. The van der Waals surface area contributed by atoms with Crippen LogP contribution in [0, 0.1) is 0 Å². The van der Waals surface area contributed by atoms with Crippen LogP contribution in [-0.4, -0.2) is 49.4 Å². The maximum Gasteiger partial charge on any atom is 0.344 e. The fraction of sp³-hybridized carbons (Fsp3) is 0.241. The number of benzene rings is 3. The van der Waals surface area contributed by atoms with E-state index in [0.29, 0.717) is 16.3 Å². The number of nitrogens with one attached hydrogen (secondary N) is 2. The van der Waals surface area contributed by atoms with E-state index in [0.717, 1.165) is 5.56 Å². The van der Waals surface area contributed by atoms with Crippen molar-refractivity contribution in [1.29, 1.82) is 0 Å². The summed E-state index contributed by atoms with van der Waals surface area (Å²) in [6.45, 7) is 3.30. The van der Waals surface area contributed by atoms with E-state index >= 15 is 0 Å². The summed E-state index contributed by atoms with van der Waals surface area (Å²) in [4.78, 5) is 37.5. The second-order valence-electron chi connectivity index (χ2n) is 8.49. The van der Waals surface area contributed by atoms with Crippen LogP contribution >= 0.6 is 23.2 Å². The Hall–Kier alpha value is -4.08. The number of carbonyl (C=O) groups excluding carboxylic acids is 3. The third-order valence-corrected chi connectivity index (χ3v) is 5.92. The number of hydrazone groups is 1. The first kappa shape index (κ1) is 30.5. The fourth-order valence-corrected chi connectivity index (χ4v) is 3.89. The highest BCUT2D eigenvalue weighted by molar-refractivity contribution is 6.35. The molecule has 0 spiro atoms. The molecule has 0 unspecified atom stereocenters. The van der Waals surface area contributed by atoms with E-state index in [1.54, 1.807) is 50.2 Å². The van der Waals surface area contributed by atoms with Crippen molar-refractivity contribution in [3.8, 4) is 11.5 Å². The highest BCUT2D eigenvalue weighted by atomic mass is 35.5. The normalized spacial score (nSPS) is 12.3. The Balaban J connectivity index is 1.64. The summed E-state index contributed by atoms with van der Waals surface area (Å²) in [5, 5.41) is 7.45. The van der Waals surface area contributed by atoms with Crippen molar-refractivity contribution in [2.45, 2.75) is 32.4 Å². The Morgan fingerprint density at radius 2 is 1.75 bits per heavy atom. The van der Waals surface area contributed by atoms with E-state index in [-0.39, 0.29) is 30.4 Å². The first-order valence-electron chi connectivity index (χ1n) is 12.4. The standard InChI is InChI=1S/C29H29Cl2N3O6/c1-3-38-27(35)18-39-23-11-7-10-21(14-23)17-32-34-29(37)25(15-20-8-5-4-6-9-20)33-28(36)19(2)40-26-13-12-22(30)16-24(26)31/h4-14,16-17,19,25H,3,15,18H2,1-2H3,(H,33,36)(H,34,37)/b32-17-/t19-,25+/m1/s1. The molecule has 0 aliphatic rings. The second kappa shape index (κ2) is 15.5. The third-order valence-electron chi connectivity index (χ3n) is 5.39. The number of hydrogen-bond donors (Lipinski definition) is 2. The second-order valence-corrected chi connectivity index (χ2v) is 9.33. The molecule has 40 heavy (non-hydrogen) atoms. The van der Waals surface area contributed by atoms with E-state index in [9.17, 15) is 14.4 Å². The molecule has 0 radical (unpaired) electrons. The van der Waals surface area contributed by atoms with Gasteiger partial charge < -0.3 is 19.5 Å². The number of halogens is 2. The topological polar surface area (TPSA) is 115 Å². The van der Waals surface area contributed by atoms with Gasteiger partial charge in [0, 0.05) is 11.4 Å². The van der Waals surface area contributed by atoms with Crippen molar-refractivity contribution in [3.63, 3.8) is 0 Å². The molecule has 3 rings (SSSR count). The first-order valence-corrected chi connectivity index (χ1v) is 13.2. The molecule has 3 aromatic rings. The number of carbonyl (C=O) groups is 3. The van der Waals surface area contributed by atoms with Gasteiger partial charge in [-0.25, -0.2) is 10.2 Å². The number of nitrogens with zero attached hydrogens (tertiary/aromatic N) is 1. The lowest BCUT2D eigenvalue weighted by atomic mass is 10.1. The van der Waals surface area contributed by atoms with Crippen LogP contribution in [0.4, 0.5) is 0 Å². The van der Waals surface area contributed by atoms with Crippen LogP contribution in [-0.2, 0) is 25.5 Å². The number of amides is 2. The number of rotatable bonds is 13. The molecule has 0 aliphatic heterocycles. The summed E-state index contributed by atoms with van der Waals surface area (Å²) in [6, 6.07) is 19.8. The Morgan fingerprint density at radius 1 is 0.975 bits per heavy atom. The molecule has 2 amide bonds. The number of ether oxygens (including phenoxy) is 3. The van der Waals surface area contributed by atoms with Crippen molar-refractivity contribution >= 4 is 47.2 Å². The van der Waals surface area contributed by atoms with Crippen LogP contribution in [0.3, 0.4) is 0 Å². The van der Waals surface area contributed by atoms with Crippen molar-refractivity contribution in [1.82, 2.24) is 10.7 Å². The van der Waals surface area contributed by atoms with E-state index in [4.69, 9.17) is 37.4 Å². The number of hydrogen-bond acceptors (Lipinski definition) is 7. The summed E-state index contributed by atoms with van der Waals surface area (Å²) in [7, 11) is 0. The lowest BCUT2D eigenvalue weighted by Crippen LogP contribution is -2.50. The smallest absolute Gasteiger partial charge is 0.344 e. The Kier molecular flexibility index (Phi) is 11.8. The van der Waals surface area contributed by atoms with E-state index in [1.807, 2.05) is 30.3 Å². The van der Waals surface area contributed by atoms with Crippen molar-refractivity contribution in [3.05, 3.63) is 94.0 Å². The third kappa shape index (κ3) is 9.91. The SMILES string of the molecule is CCOC(=O)COc1cccc(/C=N\NC(=O)[C@H](Cc2ccccc2)NC(=O)[C@@H](C)Oc2ccc(Cl)cc2Cl)c1. The van der Waals surface area contributed by atoms with Gasteiger partial charge in [0.15, 0.2) is 12.7 Å². The first-order chi connectivity index (χ1) is 19.2. The molecule has 0 heterocycles. The van der Waals surface area contributed by atoms with Gasteiger partial charge >= 0.3 is 5.97 Å². The van der Waals surface area contributed by atoms with Gasteiger partial charge in [-0.3, -0.25) is 9.59 Å². The molecule has 0 saturated heterocycles. The van der Waals surface area contributed by atoms with Gasteiger partial charge in [0.05, 0.1) is 17.8 Å². The molecule has 9 nitrogen and oxygen atoms in total. The zero-order valence-corrected chi connectivity index (χ0v) is 23.4. The van der Waals surface area contributed by atoms with Crippen LogP contribution in [0.2, 0.25) is 10.0 Å². The lowest BCUT2D eigenvalue weighted by molar-refractivity contribution is -0.145. The van der Waals surface area contributed by atoms with Crippen LogP contribution < -0.4 is 20.2 Å². The Morgan fingerprint density at radius 3 is 2.48 bits per heavy atom. The zero-order chi connectivity index (χ0) is 28.9. The molecule has 2 N–H and O–H groups in total. The van der Waals surface area contributed by atoms with Gasteiger partial charge in [-0.2, -0.15) is 5.10 Å². The highest BCUT2D eigenvalue weighted by Crippen LogP contribution is 2.28. The zero-order valence-electron chi connectivity index (χ0n) is 21.9. The van der Waals surface area contributed by atoms with Crippen LogP contribution in [0.1, 0.15) is 25.0 Å². The van der Waals surface area contributed by atoms with Gasteiger partial charge in [-0.05, 0) is 55.3 Å². The van der Waals surface area contributed by atoms with E-state index in [2.05, 4.69) is 15.8 Å². The lowest BCUT2D eigenvalue weighted by Gasteiger charge is -2.21. The molecular formula is C29H29Cl2N3O6. The number of esters is 1. The van der Waals surface area contributed by atoms with Gasteiger partial charge in [-0.1, -0.05) is 65.7 Å². The van der Waals surface area contributed by atoms with Crippen LogP contribution in [0.5, 0.6) is 11.5 Å². The largest absolute Gasteiger partial charge is 0.482 e. The van der Waals surface area contributed by atoms with Crippen molar-refractivity contribution in [2.24, 2.45) is 5.10 Å². The molecule has 0 aromatic heterocycles. The van der Waals surface area contributed by atoms with Gasteiger partial charge in [0.1, 0.15) is 17.5 Å². The average Bonchev–Trinajstić information content (AvgIpc) is 2.94. The summed E-state index contributed by atoms with van der Waals surface area (Å²) < 4.78 is 15.9. The van der Waals surface area contributed by atoms with Crippen LogP contribution in [0.25, 0.3) is 0 Å². The molecule has 0 bridgehead atoms. The highest BCUT2D eigenvalue weighted by Gasteiger charge is 2.25. The minimum Gasteiger partial charge on any atom is -0.482 e. The van der Waals surface area contributed by atoms with Gasteiger partial charge in [0.25, 0.3) is 11.8 Å². The summed E-state index contributed by atoms with van der Waals surface area (Å²) >= 11 is 12.1. The Bertz CT molecular complexity index is 1340. The van der Waals surface area contributed by atoms with Crippen LogP contribution in [0.15, 0.2) is 77.9 Å². The maximum atomic E-state index is 13.1. The maximum absolute atomic E-state index is 13.1. The Labute approximate surface area is 242 Å². The molecule has 3 aromatic carbocycles. The molecule has 0 aliphatic carbocycles. The molecular weight excluding hydrogens is 557 g/mol. The fourth-order valence-electron chi connectivity index (χ4n) is 3.44. The van der Waals surface area contributed by atoms with Crippen molar-refractivity contribution in [2.75, 3.05) is 13.2 Å². The quantitative estimate of drug-likeness (QED) is 0.172.